The number of ether oxygens (including phenoxy) is 1. The Morgan fingerprint density at radius 1 is 1.06 bits per heavy atom. The number of likely N-dealkylation sites (N-methyl/N-ethyl adjacent to an activating group) is 1. The Balaban J connectivity index is 1.50. The maximum atomic E-state index is 12.5. The molecule has 0 saturated carbocycles. The fourth-order valence-corrected chi connectivity index (χ4v) is 4.45. The zero-order chi connectivity index (χ0) is 23.5. The van der Waals surface area contributed by atoms with Gasteiger partial charge in [-0.3, -0.25) is 19.3 Å². The van der Waals surface area contributed by atoms with Crippen molar-refractivity contribution in [2.24, 2.45) is 0 Å². The summed E-state index contributed by atoms with van der Waals surface area (Å²) in [4.78, 5) is 37.7. The van der Waals surface area contributed by atoms with Crippen LogP contribution < -0.4 is 10.3 Å². The molecule has 1 aliphatic rings. The lowest BCUT2D eigenvalue weighted by Gasteiger charge is -2.12. The Hall–Kier alpha value is -3.30. The number of carbonyl (C=O) groups is 2. The molecule has 1 fully saturated rings. The van der Waals surface area contributed by atoms with Gasteiger partial charge in [0, 0.05) is 23.8 Å². The number of phenolic OH excluding ortho intramolecular Hbond substituents is 1. The standard InChI is InChI=1S/C24H19BrN2O5S/c1-26-23(30)21(33-24(26)31)11-17-10-20(19(28)12-18(17)25)32-14-16-7-8-27(22(29)9-16)13-15-5-3-2-4-6-15/h2-12,28H,13-14H2,1H3/b21-11-. The smallest absolute Gasteiger partial charge is 0.293 e. The van der Waals surface area contributed by atoms with Crippen molar-refractivity contribution in [1.82, 2.24) is 9.47 Å². The van der Waals surface area contributed by atoms with E-state index in [1.165, 1.54) is 19.2 Å². The molecule has 9 heteroatoms. The van der Waals surface area contributed by atoms with E-state index in [2.05, 4.69) is 15.9 Å². The van der Waals surface area contributed by atoms with Crippen molar-refractivity contribution in [3.05, 3.63) is 97.2 Å². The highest BCUT2D eigenvalue weighted by Crippen LogP contribution is 2.37. The van der Waals surface area contributed by atoms with Gasteiger partial charge in [-0.1, -0.05) is 46.3 Å². The van der Waals surface area contributed by atoms with Crippen molar-refractivity contribution in [3.8, 4) is 11.5 Å². The Kier molecular flexibility index (Phi) is 6.71. The molecule has 2 amide bonds. The van der Waals surface area contributed by atoms with E-state index in [4.69, 9.17) is 4.74 Å². The SMILES string of the molecule is CN1C(=O)S/C(=C\c2cc(OCc3ccn(Cc4ccccc4)c(=O)c3)c(O)cc2Br)C1=O. The minimum Gasteiger partial charge on any atom is -0.504 e. The fraction of sp³-hybridized carbons (Fsp3) is 0.125. The number of carbonyl (C=O) groups excluding carboxylic acids is 2. The number of nitrogens with zero attached hydrogens (tertiary/aromatic N) is 2. The summed E-state index contributed by atoms with van der Waals surface area (Å²) in [6, 6.07) is 16.0. The van der Waals surface area contributed by atoms with Gasteiger partial charge in [0.25, 0.3) is 16.7 Å². The number of aromatic hydroxyl groups is 1. The maximum Gasteiger partial charge on any atom is 0.293 e. The molecule has 0 spiro atoms. The second-order valence-electron chi connectivity index (χ2n) is 7.36. The third kappa shape index (κ3) is 5.20. The van der Waals surface area contributed by atoms with E-state index >= 15 is 0 Å². The minimum atomic E-state index is -0.386. The summed E-state index contributed by atoms with van der Waals surface area (Å²) in [5.41, 5.74) is 2.09. The number of pyridine rings is 1. The topological polar surface area (TPSA) is 88.8 Å². The van der Waals surface area contributed by atoms with Crippen molar-refractivity contribution in [2.75, 3.05) is 7.05 Å². The second kappa shape index (κ2) is 9.68. The van der Waals surface area contributed by atoms with Gasteiger partial charge in [0.15, 0.2) is 11.5 Å². The molecule has 0 unspecified atom stereocenters. The molecule has 4 rings (SSSR count). The van der Waals surface area contributed by atoms with Gasteiger partial charge >= 0.3 is 0 Å². The fourth-order valence-electron chi connectivity index (χ4n) is 3.18. The van der Waals surface area contributed by atoms with Gasteiger partial charge in [-0.15, -0.1) is 0 Å². The molecule has 0 bridgehead atoms. The van der Waals surface area contributed by atoms with Crippen LogP contribution >= 0.6 is 27.7 Å². The van der Waals surface area contributed by atoms with Crippen LogP contribution in [-0.4, -0.2) is 32.8 Å². The summed E-state index contributed by atoms with van der Waals surface area (Å²) in [5.74, 6) is -0.294. The van der Waals surface area contributed by atoms with Crippen LogP contribution in [0.4, 0.5) is 4.79 Å². The largest absolute Gasteiger partial charge is 0.504 e. The lowest BCUT2D eigenvalue weighted by atomic mass is 10.2. The molecule has 3 aromatic rings. The molecule has 7 nitrogen and oxygen atoms in total. The average Bonchev–Trinajstić information content (AvgIpc) is 3.03. The van der Waals surface area contributed by atoms with Gasteiger partial charge < -0.3 is 14.4 Å². The first-order valence-electron chi connectivity index (χ1n) is 9.92. The first kappa shape index (κ1) is 22.9. The van der Waals surface area contributed by atoms with Crippen LogP contribution in [-0.2, 0) is 17.9 Å². The van der Waals surface area contributed by atoms with E-state index in [-0.39, 0.29) is 39.7 Å². The highest BCUT2D eigenvalue weighted by Gasteiger charge is 2.32. The Morgan fingerprint density at radius 3 is 2.48 bits per heavy atom. The van der Waals surface area contributed by atoms with Crippen LogP contribution in [0.15, 0.2) is 75.0 Å². The van der Waals surface area contributed by atoms with Crippen LogP contribution in [0, 0.1) is 0 Å². The lowest BCUT2D eigenvalue weighted by Crippen LogP contribution is -2.22. The zero-order valence-electron chi connectivity index (χ0n) is 17.5. The molecule has 0 radical (unpaired) electrons. The van der Waals surface area contributed by atoms with Crippen molar-refractivity contribution in [1.29, 1.82) is 0 Å². The van der Waals surface area contributed by atoms with Crippen molar-refractivity contribution in [2.45, 2.75) is 13.2 Å². The van der Waals surface area contributed by atoms with E-state index in [0.717, 1.165) is 22.2 Å². The van der Waals surface area contributed by atoms with Crippen LogP contribution in [0.3, 0.4) is 0 Å². The maximum absolute atomic E-state index is 12.5. The first-order valence-corrected chi connectivity index (χ1v) is 11.5. The number of rotatable bonds is 6. The lowest BCUT2D eigenvalue weighted by molar-refractivity contribution is -0.121. The molecule has 1 aromatic heterocycles. The monoisotopic (exact) mass is 526 g/mol. The van der Waals surface area contributed by atoms with Gasteiger partial charge in [-0.25, -0.2) is 0 Å². The third-order valence-corrected chi connectivity index (χ3v) is 6.65. The van der Waals surface area contributed by atoms with Gasteiger partial charge in [-0.2, -0.15) is 0 Å². The van der Waals surface area contributed by atoms with E-state index in [1.807, 2.05) is 30.3 Å². The third-order valence-electron chi connectivity index (χ3n) is 5.00. The summed E-state index contributed by atoms with van der Waals surface area (Å²) in [5, 5.41) is 9.93. The predicted octanol–water partition coefficient (Wildman–Crippen LogP) is 4.61. The molecular weight excluding hydrogens is 508 g/mol. The molecule has 0 aliphatic carbocycles. The van der Waals surface area contributed by atoms with Gasteiger partial charge in [0.2, 0.25) is 0 Å². The summed E-state index contributed by atoms with van der Waals surface area (Å²) >= 11 is 4.20. The second-order valence-corrected chi connectivity index (χ2v) is 9.21. The number of hydrogen-bond acceptors (Lipinski definition) is 6. The van der Waals surface area contributed by atoms with Gasteiger partial charge in [0.05, 0.1) is 11.4 Å². The molecule has 2 aromatic carbocycles. The molecule has 1 aliphatic heterocycles. The molecule has 33 heavy (non-hydrogen) atoms. The number of aromatic nitrogens is 1. The predicted molar refractivity (Wildman–Crippen MR) is 130 cm³/mol. The van der Waals surface area contributed by atoms with Crippen LogP contribution in [0.25, 0.3) is 6.08 Å². The summed E-state index contributed by atoms with van der Waals surface area (Å²) in [7, 11) is 1.42. The van der Waals surface area contributed by atoms with E-state index in [9.17, 15) is 19.5 Å². The number of thioether (sulfide) groups is 1. The van der Waals surface area contributed by atoms with Crippen molar-refractivity contribution < 1.29 is 19.4 Å². The highest BCUT2D eigenvalue weighted by molar-refractivity contribution is 9.10. The quantitative estimate of drug-likeness (QED) is 0.471. The molecule has 1 N–H and O–H groups in total. The number of hydrogen-bond donors (Lipinski definition) is 1. The number of benzene rings is 2. The average molecular weight is 527 g/mol. The Morgan fingerprint density at radius 2 is 1.82 bits per heavy atom. The van der Waals surface area contributed by atoms with Crippen molar-refractivity contribution in [3.63, 3.8) is 0 Å². The van der Waals surface area contributed by atoms with Crippen molar-refractivity contribution >= 4 is 44.9 Å². The molecule has 2 heterocycles. The van der Waals surface area contributed by atoms with E-state index in [0.29, 0.717) is 22.1 Å². The normalized spacial score (nSPS) is 14.8. The molecule has 1 saturated heterocycles. The van der Waals surface area contributed by atoms with E-state index in [1.54, 1.807) is 29.0 Å². The summed E-state index contributed by atoms with van der Waals surface area (Å²) < 4.78 is 7.89. The molecule has 0 atom stereocenters. The number of phenols is 1. The minimum absolute atomic E-state index is 0.0710. The summed E-state index contributed by atoms with van der Waals surface area (Å²) in [6.07, 6.45) is 3.28. The highest BCUT2D eigenvalue weighted by atomic mass is 79.9. The van der Waals surface area contributed by atoms with Crippen LogP contribution in [0.2, 0.25) is 0 Å². The number of imide groups is 1. The number of halogens is 1. The number of amides is 2. The van der Waals surface area contributed by atoms with Crippen LogP contribution in [0.5, 0.6) is 11.5 Å². The summed E-state index contributed by atoms with van der Waals surface area (Å²) in [6.45, 7) is 0.544. The first-order chi connectivity index (χ1) is 15.8. The van der Waals surface area contributed by atoms with Crippen LogP contribution in [0.1, 0.15) is 16.7 Å². The molecular formula is C24H19BrN2O5S. The zero-order valence-corrected chi connectivity index (χ0v) is 19.9. The van der Waals surface area contributed by atoms with E-state index < -0.39 is 0 Å². The Labute approximate surface area is 202 Å². The molecule has 168 valence electrons. The Bertz CT molecular complexity index is 1320. The van der Waals surface area contributed by atoms with Gasteiger partial charge in [0.1, 0.15) is 6.61 Å². The van der Waals surface area contributed by atoms with Gasteiger partial charge in [-0.05, 0) is 52.7 Å².